The highest BCUT2D eigenvalue weighted by Gasteiger charge is 2.34. The van der Waals surface area contributed by atoms with Crippen molar-refractivity contribution in [3.8, 4) is 11.5 Å². The highest BCUT2D eigenvalue weighted by Crippen LogP contribution is 2.30. The second-order valence-electron chi connectivity index (χ2n) is 7.26. The normalized spacial score (nSPS) is 12.5. The van der Waals surface area contributed by atoms with E-state index in [1.807, 2.05) is 13.8 Å². The van der Waals surface area contributed by atoms with Crippen molar-refractivity contribution >= 4 is 5.91 Å². The number of benzene rings is 1. The Morgan fingerprint density at radius 1 is 1.17 bits per heavy atom. The predicted octanol–water partition coefficient (Wildman–Crippen LogP) is 3.79. The van der Waals surface area contributed by atoms with Crippen LogP contribution < -0.4 is 20.3 Å². The smallest absolute Gasteiger partial charge is 0.421 e. The average molecular weight is 426 g/mol. The van der Waals surface area contributed by atoms with E-state index < -0.39 is 35.8 Å². The third-order valence-electron chi connectivity index (χ3n) is 4.28. The number of rotatable bonds is 8. The molecule has 0 radical (unpaired) electrons. The average Bonchev–Trinajstić information content (AvgIpc) is 2.66. The second kappa shape index (κ2) is 9.69. The molecule has 1 unspecified atom stereocenters. The van der Waals surface area contributed by atoms with E-state index in [1.165, 1.54) is 7.11 Å². The summed E-state index contributed by atoms with van der Waals surface area (Å²) < 4.78 is 50.4. The van der Waals surface area contributed by atoms with E-state index in [-0.39, 0.29) is 0 Å². The molecule has 1 aromatic carbocycles. The Kier molecular flexibility index (Phi) is 7.53. The molecule has 0 saturated heterocycles. The van der Waals surface area contributed by atoms with Crippen molar-refractivity contribution in [1.29, 1.82) is 0 Å². The molecule has 0 bridgehead atoms. The number of halogens is 3. The number of carbonyl (C=O) groups excluding carboxylic acids is 1. The van der Waals surface area contributed by atoms with Gasteiger partial charge < -0.3 is 19.4 Å². The number of ether oxygens (including phenoxy) is 2. The molecule has 1 atom stereocenters. The fraction of sp³-hybridized carbons (Fsp3) is 0.429. The molecule has 2 aromatic rings. The number of amides is 1. The van der Waals surface area contributed by atoms with Crippen molar-refractivity contribution in [3.63, 3.8) is 0 Å². The summed E-state index contributed by atoms with van der Waals surface area (Å²) in [6.45, 7) is 5.76. The molecule has 30 heavy (non-hydrogen) atoms. The van der Waals surface area contributed by atoms with Gasteiger partial charge in [-0.3, -0.25) is 9.59 Å². The first-order chi connectivity index (χ1) is 14.0. The third kappa shape index (κ3) is 6.01. The number of methoxy groups -OCH3 is 1. The van der Waals surface area contributed by atoms with Gasteiger partial charge in [0.05, 0.1) is 19.8 Å². The number of alkyl halides is 3. The Balaban J connectivity index is 2.10. The number of nitrogens with one attached hydrogen (secondary N) is 1. The van der Waals surface area contributed by atoms with E-state index in [9.17, 15) is 22.8 Å². The quantitative estimate of drug-likeness (QED) is 0.697. The van der Waals surface area contributed by atoms with Gasteiger partial charge in [-0.05, 0) is 42.7 Å². The first-order valence-corrected chi connectivity index (χ1v) is 9.39. The van der Waals surface area contributed by atoms with Gasteiger partial charge in [-0.25, -0.2) is 0 Å². The van der Waals surface area contributed by atoms with Crippen molar-refractivity contribution in [3.05, 3.63) is 58.0 Å². The molecule has 0 aliphatic heterocycles. The summed E-state index contributed by atoms with van der Waals surface area (Å²) in [5.74, 6) is 0.821. The maximum Gasteiger partial charge on any atom is 0.421 e. The van der Waals surface area contributed by atoms with Crippen LogP contribution in [0.25, 0.3) is 0 Å². The van der Waals surface area contributed by atoms with Crippen LogP contribution in [0.1, 0.15) is 37.9 Å². The van der Waals surface area contributed by atoms with Gasteiger partial charge >= 0.3 is 6.18 Å². The molecule has 1 amide bonds. The number of carbonyl (C=O) groups is 1. The van der Waals surface area contributed by atoms with Crippen LogP contribution in [0.5, 0.6) is 11.5 Å². The van der Waals surface area contributed by atoms with Gasteiger partial charge in [0.25, 0.3) is 5.56 Å². The molecule has 0 aliphatic carbocycles. The number of hydrogen-bond acceptors (Lipinski definition) is 4. The number of aromatic nitrogens is 1. The lowest BCUT2D eigenvalue weighted by Crippen LogP contribution is -2.35. The monoisotopic (exact) mass is 426 g/mol. The Labute approximate surface area is 172 Å². The summed E-state index contributed by atoms with van der Waals surface area (Å²) in [5, 5.41) is 2.67. The van der Waals surface area contributed by atoms with E-state index in [4.69, 9.17) is 9.47 Å². The van der Waals surface area contributed by atoms with Gasteiger partial charge in [0.15, 0.2) is 11.5 Å². The third-order valence-corrected chi connectivity index (χ3v) is 4.28. The molecule has 0 aliphatic rings. The van der Waals surface area contributed by atoms with Gasteiger partial charge in [-0.2, -0.15) is 13.2 Å². The zero-order valence-corrected chi connectivity index (χ0v) is 17.2. The maximum atomic E-state index is 12.9. The zero-order chi connectivity index (χ0) is 22.5. The van der Waals surface area contributed by atoms with Crippen LogP contribution in [0.3, 0.4) is 0 Å². The summed E-state index contributed by atoms with van der Waals surface area (Å²) in [6.07, 6.45) is -3.63. The lowest BCUT2D eigenvalue weighted by Gasteiger charge is -2.18. The summed E-state index contributed by atoms with van der Waals surface area (Å²) in [4.78, 5) is 24.3. The zero-order valence-electron chi connectivity index (χ0n) is 17.2. The SMILES string of the molecule is COc1cc(C(C)NC(=O)Cn2cccc(C(F)(F)F)c2=O)ccc1OCC(C)C. The molecule has 6 nitrogen and oxygen atoms in total. The highest BCUT2D eigenvalue weighted by molar-refractivity contribution is 5.76. The molecule has 0 saturated carbocycles. The van der Waals surface area contributed by atoms with Crippen LogP contribution in [0, 0.1) is 5.92 Å². The lowest BCUT2D eigenvalue weighted by molar-refractivity contribution is -0.139. The molecule has 164 valence electrons. The first kappa shape index (κ1) is 23.3. The Hall–Kier alpha value is -2.97. The molecular formula is C21H25F3N2O4. The molecule has 1 heterocycles. The predicted molar refractivity (Wildman–Crippen MR) is 106 cm³/mol. The Bertz CT molecular complexity index is 939. The van der Waals surface area contributed by atoms with Crippen molar-refractivity contribution in [1.82, 2.24) is 9.88 Å². The van der Waals surface area contributed by atoms with Crippen LogP contribution >= 0.6 is 0 Å². The van der Waals surface area contributed by atoms with Gasteiger partial charge in [0, 0.05) is 6.20 Å². The highest BCUT2D eigenvalue weighted by atomic mass is 19.4. The van der Waals surface area contributed by atoms with E-state index in [2.05, 4.69) is 5.32 Å². The van der Waals surface area contributed by atoms with Crippen molar-refractivity contribution in [2.75, 3.05) is 13.7 Å². The van der Waals surface area contributed by atoms with Gasteiger partial charge in [-0.15, -0.1) is 0 Å². The summed E-state index contributed by atoms with van der Waals surface area (Å²) in [7, 11) is 1.50. The molecular weight excluding hydrogens is 401 g/mol. The van der Waals surface area contributed by atoms with E-state index in [0.29, 0.717) is 35.7 Å². The first-order valence-electron chi connectivity index (χ1n) is 9.39. The molecule has 9 heteroatoms. The lowest BCUT2D eigenvalue weighted by atomic mass is 10.1. The van der Waals surface area contributed by atoms with Crippen molar-refractivity contribution in [2.24, 2.45) is 5.92 Å². The van der Waals surface area contributed by atoms with Crippen molar-refractivity contribution < 1.29 is 27.4 Å². The summed E-state index contributed by atoms with van der Waals surface area (Å²) in [6, 6.07) is 6.52. The van der Waals surface area contributed by atoms with Gasteiger partial charge in [-0.1, -0.05) is 19.9 Å². The van der Waals surface area contributed by atoms with Gasteiger partial charge in [0.2, 0.25) is 5.91 Å². The minimum atomic E-state index is -4.78. The van der Waals surface area contributed by atoms with Crippen molar-refractivity contribution in [2.45, 2.75) is 39.5 Å². The number of pyridine rings is 1. The summed E-state index contributed by atoms with van der Waals surface area (Å²) in [5.41, 5.74) is -1.86. The van der Waals surface area contributed by atoms with E-state index >= 15 is 0 Å². The second-order valence-corrected chi connectivity index (χ2v) is 7.26. The Morgan fingerprint density at radius 3 is 2.47 bits per heavy atom. The fourth-order valence-corrected chi connectivity index (χ4v) is 2.73. The molecule has 1 aromatic heterocycles. The minimum absolute atomic E-state index is 0.340. The van der Waals surface area contributed by atoms with E-state index in [0.717, 1.165) is 16.8 Å². The Morgan fingerprint density at radius 2 is 1.87 bits per heavy atom. The molecule has 0 fully saturated rings. The summed E-state index contributed by atoms with van der Waals surface area (Å²) >= 11 is 0. The number of hydrogen-bond donors (Lipinski definition) is 1. The number of nitrogens with zero attached hydrogens (tertiary/aromatic N) is 1. The molecule has 2 rings (SSSR count). The molecule has 0 spiro atoms. The largest absolute Gasteiger partial charge is 0.493 e. The molecule has 1 N–H and O–H groups in total. The van der Waals surface area contributed by atoms with Crippen LogP contribution in [0.15, 0.2) is 41.3 Å². The fourth-order valence-electron chi connectivity index (χ4n) is 2.73. The maximum absolute atomic E-state index is 12.9. The van der Waals surface area contributed by atoms with Crippen LogP contribution in [0.4, 0.5) is 13.2 Å². The minimum Gasteiger partial charge on any atom is -0.493 e. The van der Waals surface area contributed by atoms with Crippen LogP contribution in [-0.4, -0.2) is 24.2 Å². The van der Waals surface area contributed by atoms with Crippen LogP contribution in [0.2, 0.25) is 0 Å². The van der Waals surface area contributed by atoms with Crippen LogP contribution in [-0.2, 0) is 17.5 Å². The van der Waals surface area contributed by atoms with E-state index in [1.54, 1.807) is 25.1 Å². The standard InChI is InChI=1S/C21H25F3N2O4/c1-13(2)12-30-17-8-7-15(10-18(17)29-4)14(3)25-19(27)11-26-9-5-6-16(20(26)28)21(22,23)24/h5-10,13-14H,11-12H2,1-4H3,(H,25,27). The topological polar surface area (TPSA) is 69.6 Å². The van der Waals surface area contributed by atoms with Gasteiger partial charge in [0.1, 0.15) is 12.1 Å².